The number of para-hydroxylation sites is 1. The molecule has 0 bridgehead atoms. The molecule has 0 radical (unpaired) electrons. The second-order valence-electron chi connectivity index (χ2n) is 8.63. The number of amides is 1. The molecule has 1 N–H and O–H groups in total. The van der Waals surface area contributed by atoms with Crippen LogP contribution >= 0.6 is 0 Å². The van der Waals surface area contributed by atoms with Crippen molar-refractivity contribution in [3.8, 4) is 11.1 Å². The molecule has 2 aliphatic heterocycles. The van der Waals surface area contributed by atoms with Crippen molar-refractivity contribution in [2.75, 3.05) is 9.62 Å². The monoisotopic (exact) mass is 464 g/mol. The predicted octanol–water partition coefficient (Wildman–Crippen LogP) is 3.68. The summed E-state index contributed by atoms with van der Waals surface area (Å²) < 4.78 is 30.4. The van der Waals surface area contributed by atoms with E-state index >= 15 is 0 Å². The number of rotatable bonds is 3. The summed E-state index contributed by atoms with van der Waals surface area (Å²) >= 11 is 0. The number of carbonyl (C=O) groups is 2. The van der Waals surface area contributed by atoms with E-state index < -0.39 is 10.0 Å². The van der Waals surface area contributed by atoms with Gasteiger partial charge >= 0.3 is 0 Å². The minimum Gasteiger partial charge on any atom is -0.310 e. The van der Waals surface area contributed by atoms with Gasteiger partial charge in [-0.15, -0.1) is 0 Å². The minimum absolute atomic E-state index is 0.0686. The Labute approximate surface area is 192 Å². The number of nitrogens with one attached hydrogen (secondary N) is 1. The van der Waals surface area contributed by atoms with Gasteiger partial charge in [0.25, 0.3) is 10.0 Å². The first-order valence-corrected chi connectivity index (χ1v) is 12.3. The number of hydrogen-bond donors (Lipinski definition) is 1. The van der Waals surface area contributed by atoms with Crippen molar-refractivity contribution in [3.63, 3.8) is 0 Å². The topological polar surface area (TPSA) is 101 Å². The predicted molar refractivity (Wildman–Crippen MR) is 125 cm³/mol. The summed E-state index contributed by atoms with van der Waals surface area (Å²) in [5.41, 5.74) is 3.97. The lowest BCUT2D eigenvalue weighted by molar-refractivity contribution is -0.116. The third-order valence-corrected chi connectivity index (χ3v) is 8.35. The summed E-state index contributed by atoms with van der Waals surface area (Å²) in [5, 5.41) is 7.10. The largest absolute Gasteiger partial charge is 0.310 e. The van der Waals surface area contributed by atoms with Crippen molar-refractivity contribution >= 4 is 33.3 Å². The molecule has 1 amide bonds. The normalized spacial score (nSPS) is 18.0. The summed E-state index contributed by atoms with van der Waals surface area (Å²) in [6.45, 7) is 5.41. The lowest BCUT2D eigenvalue weighted by Gasteiger charge is -2.25. The fourth-order valence-corrected chi connectivity index (χ4v) is 6.68. The van der Waals surface area contributed by atoms with E-state index in [4.69, 9.17) is 0 Å². The number of hydrogen-bond acceptors (Lipinski definition) is 5. The lowest BCUT2D eigenvalue weighted by Crippen LogP contribution is -2.36. The number of aromatic nitrogens is 2. The Balaban J connectivity index is 1.66. The lowest BCUT2D eigenvalue weighted by atomic mass is 10.0. The van der Waals surface area contributed by atoms with E-state index in [1.54, 1.807) is 32.0 Å². The first kappa shape index (κ1) is 21.4. The molecule has 5 rings (SSSR count). The van der Waals surface area contributed by atoms with E-state index in [2.05, 4.69) is 10.4 Å². The van der Waals surface area contributed by atoms with E-state index in [-0.39, 0.29) is 41.4 Å². The highest BCUT2D eigenvalue weighted by Crippen LogP contribution is 2.39. The van der Waals surface area contributed by atoms with E-state index in [0.29, 0.717) is 34.5 Å². The van der Waals surface area contributed by atoms with Gasteiger partial charge in [0.2, 0.25) is 11.8 Å². The van der Waals surface area contributed by atoms with Gasteiger partial charge in [-0.2, -0.15) is 9.78 Å². The van der Waals surface area contributed by atoms with Crippen LogP contribution in [0.25, 0.3) is 11.1 Å². The van der Waals surface area contributed by atoms with Crippen LogP contribution < -0.4 is 9.62 Å². The number of carbonyl (C=O) groups excluding carboxylic acids is 2. The van der Waals surface area contributed by atoms with Gasteiger partial charge in [-0.05, 0) is 56.0 Å². The quantitative estimate of drug-likeness (QED) is 0.637. The number of aryl methyl sites for hydroxylation is 2. The average Bonchev–Trinajstić information content (AvgIpc) is 3.24. The highest BCUT2D eigenvalue weighted by atomic mass is 32.2. The van der Waals surface area contributed by atoms with E-state index in [9.17, 15) is 18.0 Å². The molecule has 8 nitrogen and oxygen atoms in total. The molecule has 0 fully saturated rings. The Kier molecular flexibility index (Phi) is 4.89. The summed E-state index contributed by atoms with van der Waals surface area (Å²) in [6.07, 6.45) is 0.804. The Bertz CT molecular complexity index is 1420. The number of anilines is 2. The van der Waals surface area contributed by atoms with Crippen LogP contribution in [0.15, 0.2) is 47.4 Å². The number of benzene rings is 2. The van der Waals surface area contributed by atoms with Gasteiger partial charge in [-0.25, -0.2) is 8.42 Å². The molecule has 0 unspecified atom stereocenters. The third kappa shape index (κ3) is 3.34. The van der Waals surface area contributed by atoms with Crippen molar-refractivity contribution in [3.05, 3.63) is 59.3 Å². The van der Waals surface area contributed by atoms with Crippen molar-refractivity contribution in [1.29, 1.82) is 0 Å². The molecule has 9 heteroatoms. The fourth-order valence-electron chi connectivity index (χ4n) is 4.73. The molecule has 2 aromatic carbocycles. The number of nitrogens with zero attached hydrogens (tertiary/aromatic N) is 3. The van der Waals surface area contributed by atoms with Crippen molar-refractivity contribution in [1.82, 2.24) is 9.78 Å². The molecule has 0 aliphatic carbocycles. The van der Waals surface area contributed by atoms with Gasteiger partial charge in [0.1, 0.15) is 5.82 Å². The zero-order valence-corrected chi connectivity index (χ0v) is 19.4. The van der Waals surface area contributed by atoms with Gasteiger partial charge in [0.05, 0.1) is 16.3 Å². The molecule has 0 saturated heterocycles. The molecule has 0 saturated carbocycles. The van der Waals surface area contributed by atoms with Gasteiger partial charge < -0.3 is 5.32 Å². The van der Waals surface area contributed by atoms with Crippen LogP contribution in [0, 0.1) is 13.8 Å². The van der Waals surface area contributed by atoms with Crippen molar-refractivity contribution < 1.29 is 18.0 Å². The molecular formula is C24H24N4O4S. The van der Waals surface area contributed by atoms with Crippen LogP contribution in [0.3, 0.4) is 0 Å². The van der Waals surface area contributed by atoms with Gasteiger partial charge in [0, 0.05) is 24.4 Å². The van der Waals surface area contributed by atoms with Gasteiger partial charge in [-0.1, -0.05) is 30.3 Å². The maximum atomic E-state index is 13.9. The second kappa shape index (κ2) is 7.55. The zero-order chi connectivity index (χ0) is 23.5. The highest BCUT2D eigenvalue weighted by Gasteiger charge is 2.37. The Morgan fingerprint density at radius 2 is 1.82 bits per heavy atom. The third-order valence-electron chi connectivity index (χ3n) is 6.28. The maximum absolute atomic E-state index is 13.9. The zero-order valence-electron chi connectivity index (χ0n) is 18.6. The molecule has 170 valence electrons. The minimum atomic E-state index is -3.86. The van der Waals surface area contributed by atoms with Gasteiger partial charge in [-0.3, -0.25) is 13.9 Å². The smallest absolute Gasteiger partial charge is 0.264 e. The van der Waals surface area contributed by atoms with E-state index in [1.807, 2.05) is 31.2 Å². The molecule has 3 aromatic rings. The van der Waals surface area contributed by atoms with Crippen LogP contribution in [0.4, 0.5) is 11.5 Å². The maximum Gasteiger partial charge on any atom is 0.264 e. The molecule has 0 spiro atoms. The second-order valence-corrected chi connectivity index (χ2v) is 10.4. The fraction of sp³-hybridized carbons (Fsp3) is 0.292. The van der Waals surface area contributed by atoms with Crippen molar-refractivity contribution in [2.45, 2.75) is 51.0 Å². The highest BCUT2D eigenvalue weighted by molar-refractivity contribution is 7.93. The molecular weight excluding hydrogens is 440 g/mol. The van der Waals surface area contributed by atoms with Crippen LogP contribution in [0.1, 0.15) is 41.4 Å². The van der Waals surface area contributed by atoms with Gasteiger partial charge in [0.15, 0.2) is 0 Å². The average molecular weight is 465 g/mol. The van der Waals surface area contributed by atoms with E-state index in [1.165, 1.54) is 8.99 Å². The first-order valence-electron chi connectivity index (χ1n) is 10.8. The Hall–Kier alpha value is -3.46. The Morgan fingerprint density at radius 3 is 2.61 bits per heavy atom. The van der Waals surface area contributed by atoms with Crippen LogP contribution in [0.2, 0.25) is 0 Å². The van der Waals surface area contributed by atoms with Crippen molar-refractivity contribution in [2.24, 2.45) is 0 Å². The van der Waals surface area contributed by atoms with Crippen LogP contribution in [-0.4, -0.2) is 36.1 Å². The molecule has 1 aromatic heterocycles. The molecule has 1 atom stereocenters. The first-order chi connectivity index (χ1) is 15.7. The molecule has 33 heavy (non-hydrogen) atoms. The van der Waals surface area contributed by atoms with Crippen LogP contribution in [0.5, 0.6) is 0 Å². The molecule has 3 heterocycles. The van der Waals surface area contributed by atoms with Crippen LogP contribution in [-0.2, 0) is 21.2 Å². The SMILES string of the molecule is Cc1ccc(-c2c(C)nn3c2NC(=O)CCC3=O)cc1S(=O)(=O)N1c2ccccc2C[C@@H]1C. The summed E-state index contributed by atoms with van der Waals surface area (Å²) in [6, 6.07) is 12.5. The summed E-state index contributed by atoms with van der Waals surface area (Å²) in [4.78, 5) is 24.8. The number of sulfonamides is 1. The van der Waals surface area contributed by atoms with E-state index in [0.717, 1.165) is 5.56 Å². The Morgan fingerprint density at radius 1 is 1.06 bits per heavy atom. The summed E-state index contributed by atoms with van der Waals surface area (Å²) in [7, 11) is -3.86. The summed E-state index contributed by atoms with van der Waals surface area (Å²) in [5.74, 6) is -0.266. The molecule has 2 aliphatic rings. The standard InChI is InChI=1S/C24H24N4O4S/c1-14-8-9-18(23-16(3)26-27-22(30)11-10-21(29)25-24(23)27)13-20(14)33(31,32)28-15(2)12-17-6-4-5-7-19(17)28/h4-9,13,15H,10-12H2,1-3H3,(H,25,29)/t15-/m0/s1. The number of fused-ring (bicyclic) bond motifs is 2.